The van der Waals surface area contributed by atoms with Crippen molar-refractivity contribution >= 4 is 0 Å². The van der Waals surface area contributed by atoms with Gasteiger partial charge in [-0.05, 0) is 13.3 Å². The van der Waals surface area contributed by atoms with Gasteiger partial charge in [0.2, 0.25) is 0 Å². The molecule has 1 saturated heterocycles. The maximum atomic E-state index is 5.36. The quantitative estimate of drug-likeness (QED) is 0.419. The van der Waals surface area contributed by atoms with Crippen LogP contribution in [0.3, 0.4) is 0 Å². The van der Waals surface area contributed by atoms with E-state index in [0.29, 0.717) is 6.04 Å². The first-order chi connectivity index (χ1) is 2.80. The molecule has 0 aromatic rings. The van der Waals surface area contributed by atoms with Gasteiger partial charge in [0.15, 0.2) is 0 Å². The molecule has 0 bridgehead atoms. The average Bonchev–Trinajstić information content (AvgIpc) is 1.61. The molecule has 2 nitrogen and oxygen atoms in total. The lowest BCUT2D eigenvalue weighted by atomic mass is 10.1. The molecule has 2 heteroatoms. The number of hydrogen-bond donors (Lipinski definition) is 1. The monoisotopic (exact) mass is 86.1 g/mol. The van der Waals surface area contributed by atoms with E-state index in [1.165, 1.54) is 6.42 Å². The summed E-state index contributed by atoms with van der Waals surface area (Å²) in [5.74, 6) is 5.36. The van der Waals surface area contributed by atoms with E-state index in [1.54, 1.807) is 0 Å². The maximum absolute atomic E-state index is 5.36. The lowest BCUT2D eigenvalue weighted by Crippen LogP contribution is -2.50. The summed E-state index contributed by atoms with van der Waals surface area (Å²) in [6.07, 6.45) is 1.27. The number of nitrogens with two attached hydrogens (primary N) is 1. The fraction of sp³-hybridized carbons (Fsp3) is 1.00. The predicted molar refractivity (Wildman–Crippen MR) is 25.0 cm³/mol. The third-order valence-corrected chi connectivity index (χ3v) is 1.37. The van der Waals surface area contributed by atoms with E-state index in [0.717, 1.165) is 6.54 Å². The Kier molecular flexibility index (Phi) is 0.821. The zero-order valence-corrected chi connectivity index (χ0v) is 4.02. The van der Waals surface area contributed by atoms with Gasteiger partial charge in [0.05, 0.1) is 0 Å². The highest BCUT2D eigenvalue weighted by molar-refractivity contribution is 4.71. The molecule has 0 aromatic carbocycles. The zero-order valence-electron chi connectivity index (χ0n) is 4.02. The van der Waals surface area contributed by atoms with Gasteiger partial charge in [0, 0.05) is 12.6 Å². The molecule has 0 aliphatic carbocycles. The normalized spacial score (nSPS) is 36.0. The molecule has 0 aromatic heterocycles. The van der Waals surface area contributed by atoms with E-state index in [1.807, 2.05) is 5.01 Å². The third kappa shape index (κ3) is 0.420. The minimum absolute atomic E-state index is 0.644. The summed E-state index contributed by atoms with van der Waals surface area (Å²) >= 11 is 0. The smallest absolute Gasteiger partial charge is 0.0225 e. The van der Waals surface area contributed by atoms with Gasteiger partial charge in [-0.3, -0.25) is 5.84 Å². The summed E-state index contributed by atoms with van der Waals surface area (Å²) in [6, 6.07) is 0.644. The number of hydrazine groups is 1. The Hall–Kier alpha value is -0.0800. The van der Waals surface area contributed by atoms with Crippen LogP contribution in [0.5, 0.6) is 0 Å². The molecule has 1 rings (SSSR count). The molecular formula is C4H10N2. The van der Waals surface area contributed by atoms with E-state index < -0.39 is 0 Å². The van der Waals surface area contributed by atoms with Gasteiger partial charge in [0.25, 0.3) is 0 Å². The van der Waals surface area contributed by atoms with E-state index in [-0.39, 0.29) is 0 Å². The highest BCUT2D eigenvalue weighted by Crippen LogP contribution is 2.08. The predicted octanol–water partition coefficient (Wildman–Crippen LogP) is -0.0457. The van der Waals surface area contributed by atoms with Gasteiger partial charge in [-0.1, -0.05) is 0 Å². The first kappa shape index (κ1) is 4.09. The Morgan fingerprint density at radius 2 is 2.33 bits per heavy atom. The molecule has 36 valence electrons. The molecule has 1 atom stereocenters. The molecule has 1 aliphatic heterocycles. The summed E-state index contributed by atoms with van der Waals surface area (Å²) in [4.78, 5) is 0. The standard InChI is InChI=1S/C4H10N2/c1-4-2-3-6(4)5/h4H,2-3,5H2,1H3/t4-/m1/s1. The number of hydrogen-bond acceptors (Lipinski definition) is 2. The summed E-state index contributed by atoms with van der Waals surface area (Å²) in [7, 11) is 0. The van der Waals surface area contributed by atoms with Crippen LogP contribution < -0.4 is 5.84 Å². The topological polar surface area (TPSA) is 29.3 Å². The summed E-state index contributed by atoms with van der Waals surface area (Å²) < 4.78 is 0. The highest BCUT2D eigenvalue weighted by Gasteiger charge is 2.18. The fourth-order valence-electron chi connectivity index (χ4n) is 0.536. The highest BCUT2D eigenvalue weighted by atomic mass is 15.4. The Bertz CT molecular complexity index is 45.5. The summed E-state index contributed by atoms with van der Waals surface area (Å²) in [5, 5.41) is 1.85. The summed E-state index contributed by atoms with van der Waals surface area (Å²) in [6.45, 7) is 3.21. The zero-order chi connectivity index (χ0) is 4.57. The van der Waals surface area contributed by atoms with Crippen LogP contribution in [-0.2, 0) is 0 Å². The van der Waals surface area contributed by atoms with Crippen molar-refractivity contribution in [3.05, 3.63) is 0 Å². The summed E-state index contributed by atoms with van der Waals surface area (Å²) in [5.41, 5.74) is 0. The molecule has 1 fully saturated rings. The van der Waals surface area contributed by atoms with Gasteiger partial charge in [0.1, 0.15) is 0 Å². The van der Waals surface area contributed by atoms with Gasteiger partial charge in [-0.15, -0.1) is 0 Å². The van der Waals surface area contributed by atoms with Crippen molar-refractivity contribution in [3.8, 4) is 0 Å². The molecular weight excluding hydrogens is 76.1 g/mol. The van der Waals surface area contributed by atoms with Crippen LogP contribution in [0.1, 0.15) is 13.3 Å². The van der Waals surface area contributed by atoms with Crippen molar-refractivity contribution in [2.45, 2.75) is 19.4 Å². The van der Waals surface area contributed by atoms with E-state index in [2.05, 4.69) is 6.92 Å². The van der Waals surface area contributed by atoms with Gasteiger partial charge in [-0.25, -0.2) is 5.01 Å². The molecule has 0 spiro atoms. The lowest BCUT2D eigenvalue weighted by Gasteiger charge is -2.33. The minimum Gasteiger partial charge on any atom is -0.269 e. The second-order valence-corrected chi connectivity index (χ2v) is 1.88. The molecule has 1 heterocycles. The Labute approximate surface area is 37.9 Å². The first-order valence-electron chi connectivity index (χ1n) is 2.32. The Balaban J connectivity index is 2.20. The van der Waals surface area contributed by atoms with Crippen LogP contribution >= 0.6 is 0 Å². The molecule has 0 radical (unpaired) electrons. The third-order valence-electron chi connectivity index (χ3n) is 1.37. The molecule has 2 N–H and O–H groups in total. The largest absolute Gasteiger partial charge is 0.269 e. The van der Waals surface area contributed by atoms with Crippen LogP contribution in [0.4, 0.5) is 0 Å². The maximum Gasteiger partial charge on any atom is 0.0225 e. The van der Waals surface area contributed by atoms with Crippen molar-refractivity contribution in [3.63, 3.8) is 0 Å². The second-order valence-electron chi connectivity index (χ2n) is 1.88. The van der Waals surface area contributed by atoms with Crippen molar-refractivity contribution < 1.29 is 0 Å². The van der Waals surface area contributed by atoms with Crippen LogP contribution in [-0.4, -0.2) is 17.6 Å². The lowest BCUT2D eigenvalue weighted by molar-refractivity contribution is 0.106. The minimum atomic E-state index is 0.644. The van der Waals surface area contributed by atoms with Crippen molar-refractivity contribution in [1.82, 2.24) is 5.01 Å². The number of nitrogens with zero attached hydrogens (tertiary/aromatic N) is 1. The van der Waals surface area contributed by atoms with Crippen LogP contribution in [0.15, 0.2) is 0 Å². The van der Waals surface area contributed by atoms with Crippen LogP contribution in [0.25, 0.3) is 0 Å². The van der Waals surface area contributed by atoms with Crippen molar-refractivity contribution in [2.24, 2.45) is 5.84 Å². The van der Waals surface area contributed by atoms with Gasteiger partial charge < -0.3 is 0 Å². The van der Waals surface area contributed by atoms with Crippen molar-refractivity contribution in [2.75, 3.05) is 6.54 Å². The van der Waals surface area contributed by atoms with E-state index >= 15 is 0 Å². The SMILES string of the molecule is C[C@@H]1CCN1N. The van der Waals surface area contributed by atoms with Crippen molar-refractivity contribution in [1.29, 1.82) is 0 Å². The molecule has 0 unspecified atom stereocenters. The Morgan fingerprint density at radius 3 is 2.33 bits per heavy atom. The molecule has 1 aliphatic rings. The van der Waals surface area contributed by atoms with Crippen LogP contribution in [0, 0.1) is 0 Å². The molecule has 0 amide bonds. The van der Waals surface area contributed by atoms with E-state index in [9.17, 15) is 0 Å². The van der Waals surface area contributed by atoms with Crippen LogP contribution in [0.2, 0.25) is 0 Å². The van der Waals surface area contributed by atoms with Gasteiger partial charge in [-0.2, -0.15) is 0 Å². The Morgan fingerprint density at radius 1 is 1.83 bits per heavy atom. The number of rotatable bonds is 0. The first-order valence-corrected chi connectivity index (χ1v) is 2.32. The average molecular weight is 86.1 g/mol. The second kappa shape index (κ2) is 1.21. The van der Waals surface area contributed by atoms with Gasteiger partial charge >= 0.3 is 0 Å². The molecule has 6 heavy (non-hydrogen) atoms. The molecule has 0 saturated carbocycles. The fourth-order valence-corrected chi connectivity index (χ4v) is 0.536. The van der Waals surface area contributed by atoms with E-state index in [4.69, 9.17) is 5.84 Å².